The van der Waals surface area contributed by atoms with Crippen LogP contribution in [0.15, 0.2) is 48.5 Å². The van der Waals surface area contributed by atoms with Gasteiger partial charge in [0, 0.05) is 45.2 Å². The Morgan fingerprint density at radius 3 is 1.95 bits per heavy atom. The number of phenols is 1. The zero-order valence-electron chi connectivity index (χ0n) is 21.1. The lowest BCUT2D eigenvalue weighted by molar-refractivity contribution is -0.159. The molecule has 0 unspecified atom stereocenters. The van der Waals surface area contributed by atoms with E-state index in [0.717, 1.165) is 70.8 Å². The molecule has 2 fully saturated rings. The number of ether oxygens (including phenoxy) is 1. The molecule has 2 aliphatic rings. The van der Waals surface area contributed by atoms with Crippen molar-refractivity contribution in [1.82, 2.24) is 14.7 Å². The van der Waals surface area contributed by atoms with Gasteiger partial charge in [0.15, 0.2) is 11.5 Å². The number of carboxylic acid groups (broad SMARTS) is 2. The summed E-state index contributed by atoms with van der Waals surface area (Å²) in [5, 5.41) is 24.5. The van der Waals surface area contributed by atoms with Crippen molar-refractivity contribution >= 4 is 17.8 Å². The van der Waals surface area contributed by atoms with Crippen LogP contribution in [0.5, 0.6) is 11.5 Å². The van der Waals surface area contributed by atoms with Gasteiger partial charge in [-0.25, -0.2) is 9.59 Å². The summed E-state index contributed by atoms with van der Waals surface area (Å²) in [6, 6.07) is 16.1. The quantitative estimate of drug-likeness (QED) is 0.497. The zero-order chi connectivity index (χ0) is 26.8. The van der Waals surface area contributed by atoms with Crippen molar-refractivity contribution in [2.75, 3.05) is 46.4 Å². The van der Waals surface area contributed by atoms with Crippen molar-refractivity contribution in [2.24, 2.45) is 5.92 Å². The molecule has 3 N–H and O–H groups in total. The summed E-state index contributed by atoms with van der Waals surface area (Å²) in [7, 11) is 1.57. The molecule has 2 aromatic carbocycles. The van der Waals surface area contributed by atoms with Crippen LogP contribution in [0.4, 0.5) is 0 Å². The Balaban J connectivity index is 0.000000568. The molecule has 0 atom stereocenters. The number of piperidine rings is 1. The Kier molecular flexibility index (Phi) is 10.3. The molecule has 0 spiro atoms. The van der Waals surface area contributed by atoms with E-state index in [4.69, 9.17) is 24.5 Å². The smallest absolute Gasteiger partial charge is 0.414 e. The predicted molar refractivity (Wildman–Crippen MR) is 136 cm³/mol. The van der Waals surface area contributed by atoms with E-state index in [1.54, 1.807) is 13.2 Å². The van der Waals surface area contributed by atoms with Crippen molar-refractivity contribution < 1.29 is 34.4 Å². The molecular weight excluding hydrogens is 478 g/mol. The van der Waals surface area contributed by atoms with Gasteiger partial charge in [-0.05, 0) is 49.2 Å². The lowest BCUT2D eigenvalue weighted by Crippen LogP contribution is -2.51. The number of hydrogen-bond donors (Lipinski definition) is 3. The third-order valence-electron chi connectivity index (χ3n) is 6.70. The summed E-state index contributed by atoms with van der Waals surface area (Å²) < 4.78 is 5.21. The maximum absolute atomic E-state index is 13.0. The highest BCUT2D eigenvalue weighted by molar-refractivity contribution is 6.27. The lowest BCUT2D eigenvalue weighted by Gasteiger charge is -2.38. The van der Waals surface area contributed by atoms with Crippen LogP contribution in [-0.4, -0.2) is 94.2 Å². The predicted octanol–water partition coefficient (Wildman–Crippen LogP) is 2.11. The minimum absolute atomic E-state index is 0.145. The number of carbonyl (C=O) groups is 3. The van der Waals surface area contributed by atoms with Gasteiger partial charge in [0.1, 0.15) is 0 Å². The molecule has 10 heteroatoms. The number of aromatic hydroxyl groups is 1. The van der Waals surface area contributed by atoms with Crippen LogP contribution in [0.25, 0.3) is 0 Å². The van der Waals surface area contributed by atoms with Crippen LogP contribution in [0.2, 0.25) is 0 Å². The van der Waals surface area contributed by atoms with Gasteiger partial charge in [0.25, 0.3) is 0 Å². The van der Waals surface area contributed by atoms with Crippen LogP contribution < -0.4 is 4.74 Å². The van der Waals surface area contributed by atoms with Gasteiger partial charge in [-0.2, -0.15) is 0 Å². The Bertz CT molecular complexity index is 1040. The fourth-order valence-corrected chi connectivity index (χ4v) is 4.64. The van der Waals surface area contributed by atoms with Crippen molar-refractivity contribution in [1.29, 1.82) is 0 Å². The van der Waals surface area contributed by atoms with Crippen molar-refractivity contribution in [2.45, 2.75) is 25.9 Å². The van der Waals surface area contributed by atoms with Crippen molar-refractivity contribution in [3.63, 3.8) is 0 Å². The number of carboxylic acids is 2. The highest BCUT2D eigenvalue weighted by Crippen LogP contribution is 2.28. The standard InChI is InChI=1S/C25H33N3O3.C2H2O4/c1-31-24-17-21(7-8-23(24)29)19-26-11-9-22(10-12-26)25(30)28-15-13-27(14-16-28)18-20-5-3-2-4-6-20;3-1(4)2(5)6/h2-8,17,22,29H,9-16,18-19H2,1H3;(H,3,4)(H,5,6). The fraction of sp³-hybridized carbons (Fsp3) is 0.444. The van der Waals surface area contributed by atoms with Gasteiger partial charge >= 0.3 is 11.9 Å². The molecule has 0 aliphatic carbocycles. The number of aliphatic carboxylic acids is 2. The van der Waals surface area contributed by atoms with E-state index in [1.165, 1.54) is 5.56 Å². The first-order valence-corrected chi connectivity index (χ1v) is 12.4. The van der Waals surface area contributed by atoms with E-state index in [1.807, 2.05) is 18.2 Å². The van der Waals surface area contributed by atoms with Crippen LogP contribution in [0, 0.1) is 5.92 Å². The fourth-order valence-electron chi connectivity index (χ4n) is 4.64. The summed E-state index contributed by atoms with van der Waals surface area (Å²) in [4.78, 5) is 38.1. The molecule has 0 radical (unpaired) electrons. The first kappa shape index (κ1) is 27.9. The number of methoxy groups -OCH3 is 1. The second kappa shape index (κ2) is 13.6. The number of rotatable bonds is 6. The number of piperazine rings is 1. The molecule has 2 aliphatic heterocycles. The minimum Gasteiger partial charge on any atom is -0.504 e. The Morgan fingerprint density at radius 2 is 1.38 bits per heavy atom. The zero-order valence-corrected chi connectivity index (χ0v) is 21.1. The number of carbonyl (C=O) groups excluding carboxylic acids is 1. The second-order valence-electron chi connectivity index (χ2n) is 9.25. The molecule has 4 rings (SSSR count). The third kappa shape index (κ3) is 8.47. The Hall–Kier alpha value is -3.63. The average molecular weight is 514 g/mol. The number of hydrogen-bond acceptors (Lipinski definition) is 7. The van der Waals surface area contributed by atoms with E-state index < -0.39 is 11.9 Å². The highest BCUT2D eigenvalue weighted by Gasteiger charge is 2.30. The van der Waals surface area contributed by atoms with Crippen molar-refractivity contribution in [3.05, 3.63) is 59.7 Å². The first-order chi connectivity index (χ1) is 17.8. The van der Waals surface area contributed by atoms with Gasteiger partial charge in [0.05, 0.1) is 7.11 Å². The monoisotopic (exact) mass is 513 g/mol. The van der Waals surface area contributed by atoms with Crippen LogP contribution in [0.3, 0.4) is 0 Å². The molecule has 2 heterocycles. The number of benzene rings is 2. The molecule has 37 heavy (non-hydrogen) atoms. The summed E-state index contributed by atoms with van der Waals surface area (Å²) >= 11 is 0. The van der Waals surface area contributed by atoms with E-state index in [-0.39, 0.29) is 11.7 Å². The number of phenolic OH excluding ortho intramolecular Hbond substituents is 1. The third-order valence-corrected chi connectivity index (χ3v) is 6.70. The average Bonchev–Trinajstić information content (AvgIpc) is 2.91. The molecule has 0 saturated carbocycles. The Labute approximate surface area is 216 Å². The summed E-state index contributed by atoms with van der Waals surface area (Å²) in [5.41, 5.74) is 2.45. The van der Waals surface area contributed by atoms with Crippen LogP contribution in [0.1, 0.15) is 24.0 Å². The number of nitrogens with zero attached hydrogens (tertiary/aromatic N) is 3. The normalized spacial score (nSPS) is 16.9. The molecule has 1 amide bonds. The summed E-state index contributed by atoms with van der Waals surface area (Å²) in [6.45, 7) is 7.18. The topological polar surface area (TPSA) is 131 Å². The molecule has 0 aromatic heterocycles. The number of amides is 1. The lowest BCUT2D eigenvalue weighted by atomic mass is 9.94. The van der Waals surface area contributed by atoms with Gasteiger partial charge < -0.3 is 25.0 Å². The van der Waals surface area contributed by atoms with Crippen LogP contribution in [-0.2, 0) is 27.5 Å². The van der Waals surface area contributed by atoms with Gasteiger partial charge in [-0.15, -0.1) is 0 Å². The van der Waals surface area contributed by atoms with Gasteiger partial charge in [0.2, 0.25) is 5.91 Å². The minimum atomic E-state index is -1.82. The van der Waals surface area contributed by atoms with Crippen LogP contribution >= 0.6 is 0 Å². The maximum atomic E-state index is 13.0. The van der Waals surface area contributed by atoms with E-state index in [9.17, 15) is 9.90 Å². The first-order valence-electron chi connectivity index (χ1n) is 12.4. The Morgan fingerprint density at radius 1 is 0.811 bits per heavy atom. The largest absolute Gasteiger partial charge is 0.504 e. The molecule has 200 valence electrons. The molecule has 10 nitrogen and oxygen atoms in total. The van der Waals surface area contributed by atoms with Gasteiger partial charge in [-0.1, -0.05) is 36.4 Å². The molecule has 0 bridgehead atoms. The van der Waals surface area contributed by atoms with E-state index in [2.05, 4.69) is 39.0 Å². The summed E-state index contributed by atoms with van der Waals surface area (Å²) in [6.07, 6.45) is 1.83. The van der Waals surface area contributed by atoms with E-state index >= 15 is 0 Å². The second-order valence-corrected chi connectivity index (χ2v) is 9.25. The maximum Gasteiger partial charge on any atom is 0.414 e. The van der Waals surface area contributed by atoms with Gasteiger partial charge in [-0.3, -0.25) is 14.6 Å². The number of likely N-dealkylation sites (tertiary alicyclic amines) is 1. The summed E-state index contributed by atoms with van der Waals surface area (Å²) in [5.74, 6) is -2.49. The van der Waals surface area contributed by atoms with Crippen molar-refractivity contribution in [3.8, 4) is 11.5 Å². The molecule has 2 aromatic rings. The molecular formula is C27H35N3O7. The van der Waals surface area contributed by atoms with E-state index in [0.29, 0.717) is 11.7 Å². The SMILES string of the molecule is COc1cc(CN2CCC(C(=O)N3CCN(Cc4ccccc4)CC3)CC2)ccc1O.O=C(O)C(=O)O. The highest BCUT2D eigenvalue weighted by atomic mass is 16.5. The molecule has 2 saturated heterocycles.